The van der Waals surface area contributed by atoms with Crippen LogP contribution in [0.5, 0.6) is 0 Å². The maximum Gasteiger partial charge on any atom is 0.135 e. The Bertz CT molecular complexity index is 533. The Morgan fingerprint density at radius 1 is 1.39 bits per heavy atom. The molecule has 4 nitrogen and oxygen atoms in total. The third kappa shape index (κ3) is 3.11. The molecule has 3 rings (SSSR count). The van der Waals surface area contributed by atoms with E-state index in [-0.39, 0.29) is 0 Å². The normalized spacial score (nSPS) is 14.9. The van der Waals surface area contributed by atoms with Crippen LogP contribution in [0.15, 0.2) is 17.6 Å². The fourth-order valence-electron chi connectivity index (χ4n) is 1.78. The molecule has 0 amide bonds. The second-order valence-electron chi connectivity index (χ2n) is 4.68. The van der Waals surface area contributed by atoms with Gasteiger partial charge in [0.25, 0.3) is 0 Å². The van der Waals surface area contributed by atoms with Gasteiger partial charge in [-0.05, 0) is 25.8 Å². The minimum atomic E-state index is 0.713. The highest BCUT2D eigenvalue weighted by molar-refractivity contribution is 7.09. The quantitative estimate of drug-likeness (QED) is 0.894. The number of aryl methyl sites for hydroxylation is 1. The molecule has 0 unspecified atom stereocenters. The van der Waals surface area contributed by atoms with Crippen LogP contribution < -0.4 is 5.32 Å². The molecule has 1 aliphatic rings. The van der Waals surface area contributed by atoms with Gasteiger partial charge in [0.2, 0.25) is 0 Å². The molecular weight excluding hydrogens is 244 g/mol. The van der Waals surface area contributed by atoms with Gasteiger partial charge in [0.15, 0.2) is 0 Å². The first kappa shape index (κ1) is 11.7. The molecule has 2 heterocycles. The highest BCUT2D eigenvalue weighted by Gasteiger charge is 2.20. The van der Waals surface area contributed by atoms with Crippen molar-refractivity contribution in [2.75, 3.05) is 0 Å². The van der Waals surface area contributed by atoms with Gasteiger partial charge in [0.05, 0.1) is 12.1 Å². The van der Waals surface area contributed by atoms with Crippen molar-refractivity contribution in [3.8, 4) is 0 Å². The van der Waals surface area contributed by atoms with E-state index in [4.69, 9.17) is 0 Å². The summed E-state index contributed by atoms with van der Waals surface area (Å²) in [7, 11) is 0. The van der Waals surface area contributed by atoms with E-state index in [9.17, 15) is 0 Å². The zero-order valence-electron chi connectivity index (χ0n) is 10.4. The molecule has 94 valence electrons. The molecule has 0 saturated heterocycles. The number of nitrogens with zero attached hydrogens (tertiary/aromatic N) is 3. The predicted octanol–water partition coefficient (Wildman–Crippen LogP) is 2.08. The summed E-state index contributed by atoms with van der Waals surface area (Å²) >= 11 is 1.67. The third-order valence-corrected chi connectivity index (χ3v) is 3.85. The molecule has 2 aromatic rings. The lowest BCUT2D eigenvalue weighted by molar-refractivity contribution is 0.668. The highest BCUT2D eigenvalue weighted by atomic mass is 32.1. The lowest BCUT2D eigenvalue weighted by atomic mass is 10.3. The van der Waals surface area contributed by atoms with Gasteiger partial charge in [0.1, 0.15) is 10.8 Å². The van der Waals surface area contributed by atoms with Gasteiger partial charge in [0, 0.05) is 29.9 Å². The Hall–Kier alpha value is -1.33. The van der Waals surface area contributed by atoms with Crippen LogP contribution in [0, 0.1) is 6.92 Å². The van der Waals surface area contributed by atoms with Crippen molar-refractivity contribution in [3.05, 3.63) is 39.9 Å². The summed E-state index contributed by atoms with van der Waals surface area (Å²) in [6, 6.07) is 2.69. The maximum atomic E-state index is 4.57. The largest absolute Gasteiger partial charge is 0.308 e. The molecule has 18 heavy (non-hydrogen) atoms. The predicted molar refractivity (Wildman–Crippen MR) is 71.6 cm³/mol. The zero-order valence-corrected chi connectivity index (χ0v) is 11.2. The first-order valence-corrected chi connectivity index (χ1v) is 7.13. The maximum absolute atomic E-state index is 4.57. The first-order chi connectivity index (χ1) is 8.79. The van der Waals surface area contributed by atoms with Gasteiger partial charge in [-0.1, -0.05) is 0 Å². The Morgan fingerprint density at radius 2 is 2.28 bits per heavy atom. The van der Waals surface area contributed by atoms with Crippen molar-refractivity contribution in [2.24, 2.45) is 0 Å². The molecule has 0 spiro atoms. The summed E-state index contributed by atoms with van der Waals surface area (Å²) in [5, 5.41) is 6.61. The van der Waals surface area contributed by atoms with Crippen LogP contribution in [-0.2, 0) is 13.0 Å². The third-order valence-electron chi connectivity index (χ3n) is 2.89. The molecular formula is C13H16N4S. The molecule has 1 N–H and O–H groups in total. The van der Waals surface area contributed by atoms with Gasteiger partial charge in [-0.15, -0.1) is 11.3 Å². The summed E-state index contributed by atoms with van der Waals surface area (Å²) in [6.07, 6.45) is 5.18. The van der Waals surface area contributed by atoms with Crippen LogP contribution in [0.4, 0.5) is 0 Å². The van der Waals surface area contributed by atoms with Gasteiger partial charge >= 0.3 is 0 Å². The van der Waals surface area contributed by atoms with Crippen LogP contribution in [0.2, 0.25) is 0 Å². The summed E-state index contributed by atoms with van der Waals surface area (Å²) in [5.74, 6) is 0.861. The average Bonchev–Trinajstić information content (AvgIpc) is 3.11. The topological polar surface area (TPSA) is 50.7 Å². The number of nitrogens with one attached hydrogen (secondary N) is 1. The van der Waals surface area contributed by atoms with E-state index < -0.39 is 0 Å². The van der Waals surface area contributed by atoms with Crippen LogP contribution in [0.1, 0.15) is 35.1 Å². The number of hydrogen-bond acceptors (Lipinski definition) is 5. The fourth-order valence-corrected chi connectivity index (χ4v) is 2.55. The second-order valence-corrected chi connectivity index (χ2v) is 5.62. The summed E-state index contributed by atoms with van der Waals surface area (Å²) in [6.45, 7) is 2.86. The minimum absolute atomic E-state index is 0.713. The molecule has 0 aliphatic heterocycles. The zero-order chi connectivity index (χ0) is 12.4. The van der Waals surface area contributed by atoms with Gasteiger partial charge in [-0.25, -0.2) is 15.0 Å². The molecule has 5 heteroatoms. The Morgan fingerprint density at radius 3 is 3.00 bits per heavy atom. The molecule has 0 aromatic carbocycles. The van der Waals surface area contributed by atoms with Crippen molar-refractivity contribution in [1.82, 2.24) is 20.3 Å². The average molecular weight is 260 g/mol. The van der Waals surface area contributed by atoms with E-state index >= 15 is 0 Å². The minimum Gasteiger partial charge on any atom is -0.308 e. The van der Waals surface area contributed by atoms with Crippen molar-refractivity contribution in [1.29, 1.82) is 0 Å². The van der Waals surface area contributed by atoms with Gasteiger partial charge in [-0.3, -0.25) is 0 Å². The Balaban J connectivity index is 1.65. The van der Waals surface area contributed by atoms with E-state index in [1.165, 1.54) is 12.8 Å². The molecule has 1 saturated carbocycles. The standard InChI is InChI=1S/C13H16N4S/c1-9-8-18-13(16-9)6-12-14-5-4-11(17-12)7-15-10-2-3-10/h4-5,8,10,15H,2-3,6-7H2,1H3. The van der Waals surface area contributed by atoms with Crippen LogP contribution in [0.3, 0.4) is 0 Å². The number of aromatic nitrogens is 3. The first-order valence-electron chi connectivity index (χ1n) is 6.25. The van der Waals surface area contributed by atoms with E-state index in [2.05, 4.69) is 25.6 Å². The van der Waals surface area contributed by atoms with E-state index in [0.29, 0.717) is 6.04 Å². The summed E-state index contributed by atoms with van der Waals surface area (Å²) in [5.41, 5.74) is 2.14. The SMILES string of the molecule is Cc1csc(Cc2nccc(CNC3CC3)n2)n1. The summed E-state index contributed by atoms with van der Waals surface area (Å²) in [4.78, 5) is 13.3. The monoisotopic (exact) mass is 260 g/mol. The van der Waals surface area contributed by atoms with E-state index in [1.54, 1.807) is 11.3 Å². The smallest absolute Gasteiger partial charge is 0.135 e. The van der Waals surface area contributed by atoms with Gasteiger partial charge < -0.3 is 5.32 Å². The van der Waals surface area contributed by atoms with Crippen molar-refractivity contribution >= 4 is 11.3 Å². The second kappa shape index (κ2) is 5.12. The molecule has 0 radical (unpaired) electrons. The van der Waals surface area contributed by atoms with Crippen LogP contribution in [0.25, 0.3) is 0 Å². The molecule has 0 atom stereocenters. The molecule has 0 bridgehead atoms. The molecule has 1 fully saturated rings. The van der Waals surface area contributed by atoms with E-state index in [0.717, 1.165) is 35.2 Å². The number of rotatable bonds is 5. The van der Waals surface area contributed by atoms with Crippen LogP contribution >= 0.6 is 11.3 Å². The van der Waals surface area contributed by atoms with Crippen molar-refractivity contribution < 1.29 is 0 Å². The van der Waals surface area contributed by atoms with Crippen LogP contribution in [-0.4, -0.2) is 21.0 Å². The van der Waals surface area contributed by atoms with Gasteiger partial charge in [-0.2, -0.15) is 0 Å². The lowest BCUT2D eigenvalue weighted by Gasteiger charge is -2.03. The summed E-state index contributed by atoms with van der Waals surface area (Å²) < 4.78 is 0. The van der Waals surface area contributed by atoms with E-state index in [1.807, 2.05) is 19.2 Å². The number of thiazole rings is 1. The Labute approximate surface area is 111 Å². The molecule has 2 aromatic heterocycles. The lowest BCUT2D eigenvalue weighted by Crippen LogP contribution is -2.16. The molecule has 1 aliphatic carbocycles. The van der Waals surface area contributed by atoms with Crippen molar-refractivity contribution in [3.63, 3.8) is 0 Å². The van der Waals surface area contributed by atoms with Crippen molar-refractivity contribution in [2.45, 2.75) is 38.8 Å². The highest BCUT2D eigenvalue weighted by Crippen LogP contribution is 2.19. The Kier molecular flexibility index (Phi) is 3.34. The fraction of sp³-hybridized carbons (Fsp3) is 0.462. The number of hydrogen-bond donors (Lipinski definition) is 1.